The number of hydrogen-bond acceptors (Lipinski definition) is 3. The predicted molar refractivity (Wildman–Crippen MR) is 112 cm³/mol. The lowest BCUT2D eigenvalue weighted by Gasteiger charge is -2.16. The van der Waals surface area contributed by atoms with Gasteiger partial charge in [-0.05, 0) is 47.7 Å². The quantitative estimate of drug-likeness (QED) is 0.523. The van der Waals surface area contributed by atoms with Gasteiger partial charge in [0.2, 0.25) is 0 Å². The van der Waals surface area contributed by atoms with Gasteiger partial charge >= 0.3 is 5.97 Å². The van der Waals surface area contributed by atoms with Gasteiger partial charge < -0.3 is 14.6 Å². The van der Waals surface area contributed by atoms with Crippen molar-refractivity contribution in [3.63, 3.8) is 0 Å². The third kappa shape index (κ3) is 3.41. The summed E-state index contributed by atoms with van der Waals surface area (Å²) in [5, 5.41) is 20.8. The summed E-state index contributed by atoms with van der Waals surface area (Å²) >= 11 is 0. The maximum absolute atomic E-state index is 11.9. The molecule has 2 aromatic heterocycles. The van der Waals surface area contributed by atoms with Gasteiger partial charge in [-0.1, -0.05) is 55.5 Å². The highest BCUT2D eigenvalue weighted by molar-refractivity contribution is 5.96. The van der Waals surface area contributed by atoms with Gasteiger partial charge in [0.05, 0.1) is 17.0 Å². The van der Waals surface area contributed by atoms with Crippen LogP contribution >= 0.6 is 0 Å². The number of pyridine rings is 1. The first-order valence-electron chi connectivity index (χ1n) is 9.57. The number of carbonyl (C=O) groups is 1. The van der Waals surface area contributed by atoms with Gasteiger partial charge in [-0.2, -0.15) is 0 Å². The van der Waals surface area contributed by atoms with Gasteiger partial charge in [-0.3, -0.25) is 0 Å². The smallest absolute Gasteiger partial charge is 0.336 e. The largest absolute Gasteiger partial charge is 0.478 e. The average Bonchev–Trinajstić information content (AvgIpc) is 3.19. The third-order valence-corrected chi connectivity index (χ3v) is 5.21. The van der Waals surface area contributed by atoms with Crippen LogP contribution < -0.4 is 0 Å². The molecule has 0 amide bonds. The molecule has 2 N–H and O–H groups in total. The van der Waals surface area contributed by atoms with E-state index in [-0.39, 0.29) is 5.56 Å². The van der Waals surface area contributed by atoms with Crippen LogP contribution in [0.2, 0.25) is 0 Å². The number of aromatic nitrogens is 2. The van der Waals surface area contributed by atoms with Crippen molar-refractivity contribution >= 4 is 11.6 Å². The summed E-state index contributed by atoms with van der Waals surface area (Å²) in [6.45, 7) is 4.02. The van der Waals surface area contributed by atoms with E-state index in [2.05, 4.69) is 4.98 Å². The van der Waals surface area contributed by atoms with Gasteiger partial charge in [-0.25, -0.2) is 9.78 Å². The van der Waals surface area contributed by atoms with Crippen molar-refractivity contribution in [3.8, 4) is 11.1 Å². The zero-order chi connectivity index (χ0) is 20.5. The minimum Gasteiger partial charge on any atom is -0.478 e. The van der Waals surface area contributed by atoms with E-state index in [1.807, 2.05) is 66.9 Å². The van der Waals surface area contributed by atoms with Gasteiger partial charge in [0, 0.05) is 6.20 Å². The molecule has 5 heteroatoms. The van der Waals surface area contributed by atoms with Crippen molar-refractivity contribution in [2.45, 2.75) is 26.4 Å². The van der Waals surface area contributed by atoms with Crippen LogP contribution in [-0.2, 0) is 6.42 Å². The summed E-state index contributed by atoms with van der Waals surface area (Å²) in [5.74, 6) is -1.03. The van der Waals surface area contributed by atoms with Crippen LogP contribution in [0.4, 0.5) is 0 Å². The molecule has 0 aliphatic heterocycles. The lowest BCUT2D eigenvalue weighted by molar-refractivity contribution is 0.0697. The van der Waals surface area contributed by atoms with E-state index in [0.717, 1.165) is 28.9 Å². The highest BCUT2D eigenvalue weighted by Gasteiger charge is 2.20. The van der Waals surface area contributed by atoms with E-state index in [4.69, 9.17) is 0 Å². The Morgan fingerprint density at radius 3 is 2.55 bits per heavy atom. The molecule has 0 radical (unpaired) electrons. The SMILES string of the molecule is CCc1cn2c(C(O)c3ccc(-c4ccccc4)c(C(=O)O)c3)ccc(C)c2n1. The molecule has 0 aliphatic rings. The highest BCUT2D eigenvalue weighted by atomic mass is 16.4. The van der Waals surface area contributed by atoms with Gasteiger partial charge in [0.1, 0.15) is 11.8 Å². The van der Waals surface area contributed by atoms with Crippen LogP contribution in [0.3, 0.4) is 0 Å². The molecule has 0 fully saturated rings. The predicted octanol–water partition coefficient (Wildman–Crippen LogP) is 4.65. The fourth-order valence-electron chi connectivity index (χ4n) is 3.61. The van der Waals surface area contributed by atoms with Crippen LogP contribution in [0.25, 0.3) is 16.8 Å². The number of aliphatic hydroxyl groups excluding tert-OH is 1. The average molecular weight is 386 g/mol. The Balaban J connectivity index is 1.82. The van der Waals surface area contributed by atoms with Gasteiger partial charge in [-0.15, -0.1) is 0 Å². The van der Waals surface area contributed by atoms with E-state index >= 15 is 0 Å². The van der Waals surface area contributed by atoms with E-state index < -0.39 is 12.1 Å². The van der Waals surface area contributed by atoms with Crippen LogP contribution in [-0.4, -0.2) is 25.6 Å². The molecule has 0 saturated heterocycles. The molecule has 2 aromatic carbocycles. The Morgan fingerprint density at radius 2 is 1.86 bits per heavy atom. The molecule has 0 spiro atoms. The molecule has 2 heterocycles. The number of hydrogen-bond donors (Lipinski definition) is 2. The minimum atomic E-state index is -1.03. The van der Waals surface area contributed by atoms with Gasteiger partial charge in [0.25, 0.3) is 0 Å². The molecule has 4 aromatic rings. The third-order valence-electron chi connectivity index (χ3n) is 5.21. The van der Waals surface area contributed by atoms with Crippen molar-refractivity contribution in [2.75, 3.05) is 0 Å². The number of carboxylic acid groups (broad SMARTS) is 1. The van der Waals surface area contributed by atoms with E-state index in [1.165, 1.54) is 0 Å². The van der Waals surface area contributed by atoms with E-state index in [0.29, 0.717) is 16.8 Å². The molecular weight excluding hydrogens is 364 g/mol. The number of nitrogens with zero attached hydrogens (tertiary/aromatic N) is 2. The maximum Gasteiger partial charge on any atom is 0.336 e. The Bertz CT molecular complexity index is 1200. The first kappa shape index (κ1) is 18.9. The molecular formula is C24H22N2O3. The molecule has 0 bridgehead atoms. The number of carboxylic acids is 1. The molecule has 1 atom stereocenters. The Morgan fingerprint density at radius 1 is 1.10 bits per heavy atom. The van der Waals surface area contributed by atoms with Crippen LogP contribution in [0.15, 0.2) is 66.9 Å². The number of aryl methyl sites for hydroxylation is 2. The second-order valence-electron chi connectivity index (χ2n) is 7.10. The second-order valence-corrected chi connectivity index (χ2v) is 7.10. The fraction of sp³-hybridized carbons (Fsp3) is 0.167. The highest BCUT2D eigenvalue weighted by Crippen LogP contribution is 2.30. The number of aliphatic hydroxyl groups is 1. The number of rotatable bonds is 5. The number of fused-ring (bicyclic) bond motifs is 1. The standard InChI is InChI=1S/C24H22N2O3/c1-3-18-14-26-21(12-9-15(2)23(26)25-18)22(27)17-10-11-19(20(13-17)24(28)29)16-7-5-4-6-8-16/h4-14,22,27H,3H2,1-2H3,(H,28,29). The van der Waals surface area contributed by atoms with Crippen LogP contribution in [0.5, 0.6) is 0 Å². The maximum atomic E-state index is 11.9. The fourth-order valence-corrected chi connectivity index (χ4v) is 3.61. The summed E-state index contributed by atoms with van der Waals surface area (Å²) in [6.07, 6.45) is 1.75. The zero-order valence-corrected chi connectivity index (χ0v) is 16.3. The van der Waals surface area contributed by atoms with Crippen molar-refractivity contribution < 1.29 is 15.0 Å². The topological polar surface area (TPSA) is 74.8 Å². The van der Waals surface area contributed by atoms with Crippen molar-refractivity contribution in [1.29, 1.82) is 0 Å². The summed E-state index contributed by atoms with van der Waals surface area (Å²) in [5.41, 5.74) is 5.56. The zero-order valence-electron chi connectivity index (χ0n) is 16.3. The van der Waals surface area contributed by atoms with Crippen molar-refractivity contribution in [2.24, 2.45) is 0 Å². The second kappa shape index (κ2) is 7.53. The summed E-state index contributed by atoms with van der Waals surface area (Å²) in [7, 11) is 0. The normalized spacial score (nSPS) is 12.2. The van der Waals surface area contributed by atoms with Crippen LogP contribution in [0, 0.1) is 6.92 Å². The Kier molecular flexibility index (Phi) is 4.91. The molecule has 0 saturated carbocycles. The molecule has 4 rings (SSSR count). The minimum absolute atomic E-state index is 0.163. The molecule has 1 unspecified atom stereocenters. The lowest BCUT2D eigenvalue weighted by atomic mass is 9.95. The first-order chi connectivity index (χ1) is 14.0. The molecule has 146 valence electrons. The van der Waals surface area contributed by atoms with E-state index in [9.17, 15) is 15.0 Å². The summed E-state index contributed by atoms with van der Waals surface area (Å²) in [4.78, 5) is 16.5. The number of benzene rings is 2. The summed E-state index contributed by atoms with van der Waals surface area (Å²) < 4.78 is 1.89. The van der Waals surface area contributed by atoms with Crippen molar-refractivity contribution in [1.82, 2.24) is 9.38 Å². The van der Waals surface area contributed by atoms with Crippen molar-refractivity contribution in [3.05, 3.63) is 94.9 Å². The van der Waals surface area contributed by atoms with Gasteiger partial charge in [0.15, 0.2) is 0 Å². The number of aromatic carboxylic acids is 1. The summed E-state index contributed by atoms with van der Waals surface area (Å²) in [6, 6.07) is 18.3. The Hall–Kier alpha value is -3.44. The van der Waals surface area contributed by atoms with Crippen LogP contribution in [0.1, 0.15) is 45.9 Å². The number of imidazole rings is 1. The Labute approximate surface area is 168 Å². The molecule has 0 aliphatic carbocycles. The molecule has 5 nitrogen and oxygen atoms in total. The van der Waals surface area contributed by atoms with E-state index in [1.54, 1.807) is 18.2 Å². The first-order valence-corrected chi connectivity index (χ1v) is 9.57. The lowest BCUT2D eigenvalue weighted by Crippen LogP contribution is -2.08. The monoisotopic (exact) mass is 386 g/mol. The molecule has 29 heavy (non-hydrogen) atoms.